The monoisotopic (exact) mass is 312 g/mol. The highest BCUT2D eigenvalue weighted by molar-refractivity contribution is 8.14. The molecule has 0 radical (unpaired) electrons. The van der Waals surface area contributed by atoms with Crippen LogP contribution in [0, 0.1) is 20.8 Å². The van der Waals surface area contributed by atoms with Crippen molar-refractivity contribution in [1.82, 2.24) is 0 Å². The molecule has 2 N–H and O–H groups in total. The summed E-state index contributed by atoms with van der Waals surface area (Å²) in [6.07, 6.45) is 0. The average molecular weight is 312 g/mol. The molecule has 0 aliphatic carbocycles. The third kappa shape index (κ3) is 3.20. The Hall–Kier alpha value is -1.74. The van der Waals surface area contributed by atoms with Crippen LogP contribution < -0.4 is 5.73 Å². The number of anilines is 1. The summed E-state index contributed by atoms with van der Waals surface area (Å²) in [6.45, 7) is 8.56. The number of hydrogen-bond acceptors (Lipinski definition) is 3. The SMILES string of the molecule is CCSC(=NC)c1cccc(-c2c(C)cc(C)cc2C)c1N. The molecule has 0 saturated heterocycles. The van der Waals surface area contributed by atoms with Gasteiger partial charge in [-0.05, 0) is 43.2 Å². The van der Waals surface area contributed by atoms with Crippen molar-refractivity contribution in [3.63, 3.8) is 0 Å². The topological polar surface area (TPSA) is 38.4 Å². The molecule has 22 heavy (non-hydrogen) atoms. The molecule has 2 nitrogen and oxygen atoms in total. The van der Waals surface area contributed by atoms with E-state index in [1.807, 2.05) is 7.05 Å². The van der Waals surface area contributed by atoms with E-state index in [9.17, 15) is 0 Å². The summed E-state index contributed by atoms with van der Waals surface area (Å²) in [5.41, 5.74) is 14.5. The van der Waals surface area contributed by atoms with Crippen LogP contribution in [0.15, 0.2) is 35.3 Å². The van der Waals surface area contributed by atoms with E-state index < -0.39 is 0 Å². The molecule has 0 saturated carbocycles. The lowest BCUT2D eigenvalue weighted by Gasteiger charge is -2.16. The van der Waals surface area contributed by atoms with Gasteiger partial charge in [0, 0.05) is 23.9 Å². The number of aryl methyl sites for hydroxylation is 3. The number of hydrogen-bond donors (Lipinski definition) is 1. The van der Waals surface area contributed by atoms with Gasteiger partial charge in [-0.3, -0.25) is 4.99 Å². The lowest BCUT2D eigenvalue weighted by molar-refractivity contribution is 1.32. The highest BCUT2D eigenvalue weighted by atomic mass is 32.2. The number of para-hydroxylation sites is 1. The first-order chi connectivity index (χ1) is 10.5. The summed E-state index contributed by atoms with van der Waals surface area (Å²) in [7, 11) is 1.83. The first-order valence-electron chi connectivity index (χ1n) is 7.56. The Bertz CT molecular complexity index is 694. The summed E-state index contributed by atoms with van der Waals surface area (Å²) in [4.78, 5) is 4.40. The molecule has 0 bridgehead atoms. The van der Waals surface area contributed by atoms with Gasteiger partial charge < -0.3 is 5.73 Å². The van der Waals surface area contributed by atoms with Gasteiger partial charge in [0.25, 0.3) is 0 Å². The van der Waals surface area contributed by atoms with E-state index in [0.717, 1.165) is 27.6 Å². The predicted molar refractivity (Wildman–Crippen MR) is 101 cm³/mol. The number of nitrogens with two attached hydrogens (primary N) is 1. The lowest BCUT2D eigenvalue weighted by atomic mass is 9.91. The van der Waals surface area contributed by atoms with Crippen molar-refractivity contribution in [1.29, 1.82) is 0 Å². The molecule has 0 unspecified atom stereocenters. The molecule has 0 heterocycles. The summed E-state index contributed by atoms with van der Waals surface area (Å²) in [5, 5.41) is 1.00. The second-order valence-electron chi connectivity index (χ2n) is 5.50. The van der Waals surface area contributed by atoms with Crippen molar-refractivity contribution in [2.45, 2.75) is 27.7 Å². The van der Waals surface area contributed by atoms with Crippen LogP contribution in [0.5, 0.6) is 0 Å². The minimum Gasteiger partial charge on any atom is -0.398 e. The molecule has 116 valence electrons. The molecule has 0 aliphatic rings. The van der Waals surface area contributed by atoms with Crippen molar-refractivity contribution < 1.29 is 0 Å². The summed E-state index contributed by atoms with van der Waals surface area (Å²) in [5.74, 6) is 0.985. The van der Waals surface area contributed by atoms with Gasteiger partial charge in [-0.15, -0.1) is 11.8 Å². The van der Waals surface area contributed by atoms with E-state index in [0.29, 0.717) is 0 Å². The highest BCUT2D eigenvalue weighted by Gasteiger charge is 2.14. The maximum atomic E-state index is 6.50. The zero-order valence-electron chi connectivity index (χ0n) is 14.0. The Balaban J connectivity index is 2.64. The van der Waals surface area contributed by atoms with Crippen LogP contribution in [-0.4, -0.2) is 17.8 Å². The van der Waals surface area contributed by atoms with Crippen LogP contribution in [0.1, 0.15) is 29.2 Å². The fourth-order valence-electron chi connectivity index (χ4n) is 2.97. The lowest BCUT2D eigenvalue weighted by Crippen LogP contribution is -2.04. The largest absolute Gasteiger partial charge is 0.398 e. The minimum atomic E-state index is 0.819. The van der Waals surface area contributed by atoms with Gasteiger partial charge in [0.2, 0.25) is 0 Å². The summed E-state index contributed by atoms with van der Waals surface area (Å²) < 4.78 is 0. The molecular weight excluding hydrogens is 288 g/mol. The second kappa shape index (κ2) is 7.01. The van der Waals surface area contributed by atoms with Crippen molar-refractivity contribution in [3.8, 4) is 11.1 Å². The van der Waals surface area contributed by atoms with Crippen LogP contribution in [0.25, 0.3) is 11.1 Å². The molecule has 0 fully saturated rings. The maximum absolute atomic E-state index is 6.50. The van der Waals surface area contributed by atoms with Crippen LogP contribution in [0.2, 0.25) is 0 Å². The third-order valence-electron chi connectivity index (χ3n) is 3.77. The van der Waals surface area contributed by atoms with Crippen molar-refractivity contribution in [2.75, 3.05) is 18.5 Å². The molecule has 2 rings (SSSR count). The third-order valence-corrected chi connectivity index (χ3v) is 4.73. The van der Waals surface area contributed by atoms with Gasteiger partial charge in [0.1, 0.15) is 0 Å². The highest BCUT2D eigenvalue weighted by Crippen LogP contribution is 2.35. The van der Waals surface area contributed by atoms with Gasteiger partial charge in [0.05, 0.1) is 5.04 Å². The number of thioether (sulfide) groups is 1. The molecule has 0 aromatic heterocycles. The quantitative estimate of drug-likeness (QED) is 0.492. The van der Waals surface area contributed by atoms with Gasteiger partial charge in [-0.25, -0.2) is 0 Å². The number of rotatable bonds is 3. The number of nitrogens with zero attached hydrogens (tertiary/aromatic N) is 1. The van der Waals surface area contributed by atoms with Crippen molar-refractivity contribution in [2.24, 2.45) is 4.99 Å². The standard InChI is InChI=1S/C19H24N2S/c1-6-22-19(21-5)16-9-7-8-15(18(16)20)17-13(3)10-12(2)11-14(17)4/h7-11H,6,20H2,1-5H3. The predicted octanol–water partition coefficient (Wildman–Crippen LogP) is 4.99. The minimum absolute atomic E-state index is 0.819. The van der Waals surface area contributed by atoms with Gasteiger partial charge in [0.15, 0.2) is 0 Å². The molecule has 0 spiro atoms. The normalized spacial score (nSPS) is 11.8. The molecule has 2 aromatic carbocycles. The maximum Gasteiger partial charge on any atom is 0.0994 e. The molecule has 3 heteroatoms. The van der Waals surface area contributed by atoms with E-state index in [-0.39, 0.29) is 0 Å². The zero-order valence-corrected chi connectivity index (χ0v) is 14.8. The molecular formula is C19H24N2S. The Morgan fingerprint density at radius 3 is 2.32 bits per heavy atom. The summed E-state index contributed by atoms with van der Waals surface area (Å²) >= 11 is 1.73. The fourth-order valence-corrected chi connectivity index (χ4v) is 3.71. The summed E-state index contributed by atoms with van der Waals surface area (Å²) in [6, 6.07) is 10.7. The van der Waals surface area contributed by atoms with Crippen LogP contribution in [-0.2, 0) is 0 Å². The van der Waals surface area contributed by atoms with E-state index in [2.05, 4.69) is 63.0 Å². The van der Waals surface area contributed by atoms with Crippen molar-refractivity contribution in [3.05, 3.63) is 52.6 Å². The van der Waals surface area contributed by atoms with E-state index in [1.54, 1.807) is 11.8 Å². The average Bonchev–Trinajstić information content (AvgIpc) is 2.46. The fraction of sp³-hybridized carbons (Fsp3) is 0.316. The first-order valence-corrected chi connectivity index (χ1v) is 8.54. The van der Waals surface area contributed by atoms with Crippen molar-refractivity contribution >= 4 is 22.5 Å². The van der Waals surface area contributed by atoms with E-state index in [4.69, 9.17) is 5.73 Å². The van der Waals surface area contributed by atoms with Crippen LogP contribution >= 0.6 is 11.8 Å². The molecule has 2 aromatic rings. The first kappa shape index (κ1) is 16.6. The molecule has 0 atom stereocenters. The Morgan fingerprint density at radius 2 is 1.77 bits per heavy atom. The number of benzene rings is 2. The van der Waals surface area contributed by atoms with Gasteiger partial charge in [-0.2, -0.15) is 0 Å². The molecule has 0 amide bonds. The van der Waals surface area contributed by atoms with Gasteiger partial charge >= 0.3 is 0 Å². The van der Waals surface area contributed by atoms with Crippen LogP contribution in [0.3, 0.4) is 0 Å². The van der Waals surface area contributed by atoms with E-state index in [1.165, 1.54) is 22.3 Å². The Labute approximate surface area is 137 Å². The smallest absolute Gasteiger partial charge is 0.0994 e. The van der Waals surface area contributed by atoms with E-state index >= 15 is 0 Å². The van der Waals surface area contributed by atoms with Gasteiger partial charge in [-0.1, -0.05) is 42.8 Å². The Morgan fingerprint density at radius 1 is 1.14 bits per heavy atom. The Kier molecular flexibility index (Phi) is 5.30. The zero-order chi connectivity index (χ0) is 16.3. The second-order valence-corrected chi connectivity index (χ2v) is 6.76. The number of nitrogen functional groups attached to an aromatic ring is 1. The van der Waals surface area contributed by atoms with Crippen LogP contribution in [0.4, 0.5) is 5.69 Å². The number of aliphatic imine (C=N–C) groups is 1. The molecule has 0 aliphatic heterocycles.